The molecule has 1 aromatic carbocycles. The van der Waals surface area contributed by atoms with Crippen LogP contribution in [0.15, 0.2) is 42.6 Å². The minimum absolute atomic E-state index is 0.121. The minimum Gasteiger partial charge on any atom is -0.473 e. The van der Waals surface area contributed by atoms with Crippen LogP contribution in [0.2, 0.25) is 0 Å². The van der Waals surface area contributed by atoms with Crippen molar-refractivity contribution in [1.82, 2.24) is 4.98 Å². The van der Waals surface area contributed by atoms with Crippen molar-refractivity contribution >= 4 is 5.69 Å². The first-order valence-corrected chi connectivity index (χ1v) is 5.62. The molecule has 0 atom stereocenters. The third-order valence-electron chi connectivity index (χ3n) is 2.40. The highest BCUT2D eigenvalue weighted by Gasteiger charge is 2.32. The number of hydrogen-bond donors (Lipinski definition) is 1. The highest BCUT2D eigenvalue weighted by atomic mass is 19.4. The molecule has 0 aliphatic carbocycles. The number of alkyl halides is 3. The van der Waals surface area contributed by atoms with E-state index in [1.807, 2.05) is 0 Å². The molecule has 2 rings (SSSR count). The number of benzene rings is 1. The largest absolute Gasteiger partial charge is 0.573 e. The Balaban J connectivity index is 2.18. The van der Waals surface area contributed by atoms with Gasteiger partial charge in [-0.1, -0.05) is 12.1 Å². The summed E-state index contributed by atoms with van der Waals surface area (Å²) in [6.45, 7) is -0.172. The van der Waals surface area contributed by atoms with Crippen LogP contribution in [0.1, 0.15) is 5.56 Å². The molecule has 4 nitrogen and oxygen atoms in total. The van der Waals surface area contributed by atoms with Gasteiger partial charge in [0.1, 0.15) is 12.4 Å². The number of nitrogens with zero attached hydrogens (tertiary/aromatic N) is 1. The van der Waals surface area contributed by atoms with E-state index in [9.17, 15) is 13.2 Å². The molecule has 2 aromatic rings. The maximum Gasteiger partial charge on any atom is 0.573 e. The number of halogens is 3. The fraction of sp³-hybridized carbons (Fsp3) is 0.154. The average molecular weight is 284 g/mol. The summed E-state index contributed by atoms with van der Waals surface area (Å²) in [6.07, 6.45) is -3.27. The summed E-state index contributed by atoms with van der Waals surface area (Å²) < 4.78 is 46.1. The molecule has 0 aliphatic rings. The Morgan fingerprint density at radius 2 is 1.90 bits per heavy atom. The Morgan fingerprint density at radius 1 is 1.10 bits per heavy atom. The Kier molecular flexibility index (Phi) is 3.97. The van der Waals surface area contributed by atoms with E-state index in [0.29, 0.717) is 0 Å². The lowest BCUT2D eigenvalue weighted by atomic mass is 10.1. The lowest BCUT2D eigenvalue weighted by molar-refractivity contribution is -0.275. The van der Waals surface area contributed by atoms with E-state index in [4.69, 9.17) is 10.5 Å². The standard InChI is InChI=1S/C13H11F3N2O2/c14-13(15,16)20-11-5-3-4-10(17)9(11)8-19-12-6-1-2-7-18-12/h1-7H,8,17H2. The van der Waals surface area contributed by atoms with Gasteiger partial charge in [0.05, 0.1) is 5.56 Å². The summed E-state index contributed by atoms with van der Waals surface area (Å²) >= 11 is 0. The molecule has 2 N–H and O–H groups in total. The number of rotatable bonds is 4. The Morgan fingerprint density at radius 3 is 2.55 bits per heavy atom. The van der Waals surface area contributed by atoms with Gasteiger partial charge in [0, 0.05) is 18.0 Å². The zero-order chi connectivity index (χ0) is 14.6. The van der Waals surface area contributed by atoms with Crippen molar-refractivity contribution in [3.63, 3.8) is 0 Å². The van der Waals surface area contributed by atoms with Crippen LogP contribution in [0.4, 0.5) is 18.9 Å². The maximum absolute atomic E-state index is 12.3. The summed E-state index contributed by atoms with van der Waals surface area (Å²) in [6, 6.07) is 9.01. The first-order chi connectivity index (χ1) is 9.46. The van der Waals surface area contributed by atoms with Crippen molar-refractivity contribution in [2.24, 2.45) is 0 Å². The first kappa shape index (κ1) is 14.0. The van der Waals surface area contributed by atoms with Gasteiger partial charge in [-0.3, -0.25) is 0 Å². The first-order valence-electron chi connectivity index (χ1n) is 5.62. The Labute approximate surface area is 113 Å². The quantitative estimate of drug-likeness (QED) is 0.876. The zero-order valence-electron chi connectivity index (χ0n) is 10.2. The molecule has 0 unspecified atom stereocenters. The molecule has 0 saturated carbocycles. The van der Waals surface area contributed by atoms with Crippen LogP contribution < -0.4 is 15.2 Å². The third kappa shape index (κ3) is 3.78. The summed E-state index contributed by atoms with van der Waals surface area (Å²) in [4.78, 5) is 3.90. The van der Waals surface area contributed by atoms with Gasteiger partial charge < -0.3 is 15.2 Å². The molecule has 0 aliphatic heterocycles. The number of nitrogens with two attached hydrogens (primary N) is 1. The van der Waals surface area contributed by atoms with Crippen LogP contribution in [0.5, 0.6) is 11.6 Å². The number of aromatic nitrogens is 1. The highest BCUT2D eigenvalue weighted by Crippen LogP contribution is 2.30. The molecular weight excluding hydrogens is 273 g/mol. The van der Waals surface area contributed by atoms with Gasteiger partial charge in [-0.15, -0.1) is 13.2 Å². The van der Waals surface area contributed by atoms with Crippen molar-refractivity contribution in [3.8, 4) is 11.6 Å². The summed E-state index contributed by atoms with van der Waals surface area (Å²) in [7, 11) is 0. The summed E-state index contributed by atoms with van der Waals surface area (Å²) in [5, 5.41) is 0. The van der Waals surface area contributed by atoms with Crippen molar-refractivity contribution in [2.45, 2.75) is 13.0 Å². The Bertz CT molecular complexity index is 574. The van der Waals surface area contributed by atoms with Gasteiger partial charge in [-0.05, 0) is 18.2 Å². The van der Waals surface area contributed by atoms with Crippen molar-refractivity contribution < 1.29 is 22.6 Å². The number of anilines is 1. The number of ether oxygens (including phenoxy) is 2. The number of pyridine rings is 1. The van der Waals surface area contributed by atoms with E-state index in [0.717, 1.165) is 0 Å². The fourth-order valence-electron chi connectivity index (χ4n) is 1.54. The van der Waals surface area contributed by atoms with Crippen molar-refractivity contribution in [3.05, 3.63) is 48.2 Å². The summed E-state index contributed by atoms with van der Waals surface area (Å²) in [5.74, 6) is -0.0952. The van der Waals surface area contributed by atoms with Crippen LogP contribution in [0.3, 0.4) is 0 Å². The van der Waals surface area contributed by atoms with Gasteiger partial charge >= 0.3 is 6.36 Å². The van der Waals surface area contributed by atoms with E-state index in [-0.39, 0.29) is 29.5 Å². The second-order valence-corrected chi connectivity index (χ2v) is 3.83. The Hall–Kier alpha value is -2.44. The van der Waals surface area contributed by atoms with Crippen LogP contribution in [-0.2, 0) is 6.61 Å². The van der Waals surface area contributed by atoms with Gasteiger partial charge in [0.25, 0.3) is 0 Å². The smallest absolute Gasteiger partial charge is 0.473 e. The zero-order valence-corrected chi connectivity index (χ0v) is 10.2. The second kappa shape index (κ2) is 5.68. The van der Waals surface area contributed by atoms with Gasteiger partial charge in [-0.25, -0.2) is 4.98 Å². The van der Waals surface area contributed by atoms with Crippen LogP contribution >= 0.6 is 0 Å². The normalized spacial score (nSPS) is 11.2. The fourth-order valence-corrected chi connectivity index (χ4v) is 1.54. The average Bonchev–Trinajstić information content (AvgIpc) is 2.37. The van der Waals surface area contributed by atoms with Crippen molar-refractivity contribution in [1.29, 1.82) is 0 Å². The topological polar surface area (TPSA) is 57.4 Å². The SMILES string of the molecule is Nc1cccc(OC(F)(F)F)c1COc1ccccn1. The molecule has 7 heteroatoms. The predicted molar refractivity (Wildman–Crippen MR) is 66.1 cm³/mol. The molecule has 1 heterocycles. The monoisotopic (exact) mass is 284 g/mol. The van der Waals surface area contributed by atoms with E-state index in [1.54, 1.807) is 18.2 Å². The van der Waals surface area contributed by atoms with Crippen LogP contribution in [-0.4, -0.2) is 11.3 Å². The van der Waals surface area contributed by atoms with Gasteiger partial charge in [0.15, 0.2) is 0 Å². The van der Waals surface area contributed by atoms with Gasteiger partial charge in [0.2, 0.25) is 5.88 Å². The molecular formula is C13H11F3N2O2. The molecule has 0 bridgehead atoms. The maximum atomic E-state index is 12.3. The highest BCUT2D eigenvalue weighted by molar-refractivity contribution is 5.54. The molecule has 0 saturated heterocycles. The lowest BCUT2D eigenvalue weighted by Crippen LogP contribution is -2.19. The molecule has 20 heavy (non-hydrogen) atoms. The third-order valence-corrected chi connectivity index (χ3v) is 2.40. The molecule has 1 aromatic heterocycles. The predicted octanol–water partition coefficient (Wildman–Crippen LogP) is 3.14. The number of nitrogen functional groups attached to an aromatic ring is 1. The van der Waals surface area contributed by atoms with Gasteiger partial charge in [-0.2, -0.15) is 0 Å². The molecule has 0 spiro atoms. The molecule has 0 radical (unpaired) electrons. The molecule has 0 amide bonds. The van der Waals surface area contributed by atoms with E-state index in [1.165, 1.54) is 24.4 Å². The second-order valence-electron chi connectivity index (χ2n) is 3.83. The summed E-state index contributed by atoms with van der Waals surface area (Å²) in [5.41, 5.74) is 5.93. The van der Waals surface area contributed by atoms with E-state index in [2.05, 4.69) is 9.72 Å². The number of hydrogen-bond acceptors (Lipinski definition) is 4. The van der Waals surface area contributed by atoms with Crippen LogP contribution in [0, 0.1) is 0 Å². The molecule has 106 valence electrons. The molecule has 0 fully saturated rings. The van der Waals surface area contributed by atoms with Crippen LogP contribution in [0.25, 0.3) is 0 Å². The lowest BCUT2D eigenvalue weighted by Gasteiger charge is -2.15. The van der Waals surface area contributed by atoms with Crippen molar-refractivity contribution in [2.75, 3.05) is 5.73 Å². The van der Waals surface area contributed by atoms with E-state index >= 15 is 0 Å². The minimum atomic E-state index is -4.78. The van der Waals surface area contributed by atoms with E-state index < -0.39 is 6.36 Å².